The zero-order chi connectivity index (χ0) is 29.7. The maximum Gasteiger partial charge on any atom is 0.170 e. The van der Waals surface area contributed by atoms with Gasteiger partial charge in [-0.1, -0.05) is 115 Å². The molecule has 9 rings (SSSR count). The summed E-state index contributed by atoms with van der Waals surface area (Å²) in [7, 11) is 0. The smallest absolute Gasteiger partial charge is 0.170 e. The normalized spacial score (nSPS) is 14.9. The van der Waals surface area contributed by atoms with Gasteiger partial charge < -0.3 is 9.73 Å². The van der Waals surface area contributed by atoms with Crippen molar-refractivity contribution in [2.75, 3.05) is 0 Å². The fraction of sp³-hybridized carbons (Fsp3) is 0.0250. The summed E-state index contributed by atoms with van der Waals surface area (Å²) in [6.45, 7) is 0. The number of nitrogens with zero attached hydrogens (tertiary/aromatic N) is 3. The van der Waals surface area contributed by atoms with E-state index in [1.165, 1.54) is 16.5 Å². The predicted octanol–water partition coefficient (Wildman–Crippen LogP) is 9.45. The molecule has 0 fully saturated rings. The molecule has 1 N–H and O–H groups in total. The van der Waals surface area contributed by atoms with Crippen molar-refractivity contribution in [3.63, 3.8) is 0 Å². The van der Waals surface area contributed by atoms with E-state index in [2.05, 4.69) is 107 Å². The number of aliphatic imine (C=N–C) groups is 2. The Hall–Kier alpha value is -6.07. The van der Waals surface area contributed by atoms with Crippen LogP contribution in [-0.2, 0) is 0 Å². The van der Waals surface area contributed by atoms with E-state index in [0.29, 0.717) is 0 Å². The minimum Gasteiger partial charge on any atom is -0.456 e. The molecule has 0 saturated heterocycles. The molecule has 0 aliphatic carbocycles. The highest BCUT2D eigenvalue weighted by Crippen LogP contribution is 2.38. The molecular formula is C40H26N4O. The molecule has 212 valence electrons. The molecule has 0 radical (unpaired) electrons. The second-order valence-corrected chi connectivity index (χ2v) is 11.3. The highest BCUT2D eigenvalue weighted by molar-refractivity contribution is 6.24. The van der Waals surface area contributed by atoms with Crippen LogP contribution in [0, 0.1) is 0 Å². The van der Waals surface area contributed by atoms with Crippen molar-refractivity contribution in [2.24, 2.45) is 9.98 Å². The van der Waals surface area contributed by atoms with Gasteiger partial charge in [0.2, 0.25) is 0 Å². The number of furan rings is 1. The first-order chi connectivity index (χ1) is 22.3. The Kier molecular flexibility index (Phi) is 5.81. The van der Waals surface area contributed by atoms with Crippen molar-refractivity contribution in [1.82, 2.24) is 10.3 Å². The summed E-state index contributed by atoms with van der Waals surface area (Å²) in [5.74, 6) is 1.53. The van der Waals surface area contributed by atoms with Crippen molar-refractivity contribution in [3.05, 3.63) is 162 Å². The zero-order valence-corrected chi connectivity index (χ0v) is 24.2. The lowest BCUT2D eigenvalue weighted by molar-refractivity contribution is 0.669. The van der Waals surface area contributed by atoms with Crippen molar-refractivity contribution in [2.45, 2.75) is 6.17 Å². The first-order valence-electron chi connectivity index (χ1n) is 15.1. The van der Waals surface area contributed by atoms with E-state index in [9.17, 15) is 0 Å². The van der Waals surface area contributed by atoms with Crippen LogP contribution in [0.1, 0.15) is 22.9 Å². The third-order valence-corrected chi connectivity index (χ3v) is 8.58. The molecule has 1 aliphatic heterocycles. The Morgan fingerprint density at radius 1 is 0.533 bits per heavy atom. The number of hydrogen-bond acceptors (Lipinski definition) is 5. The summed E-state index contributed by atoms with van der Waals surface area (Å²) in [5, 5.41) is 8.96. The number of amidine groups is 2. The summed E-state index contributed by atoms with van der Waals surface area (Å²) >= 11 is 0. The summed E-state index contributed by atoms with van der Waals surface area (Å²) in [6, 6.07) is 48.0. The fourth-order valence-electron chi connectivity index (χ4n) is 6.47. The lowest BCUT2D eigenvalue weighted by Crippen LogP contribution is -2.36. The van der Waals surface area contributed by atoms with Crippen LogP contribution in [-0.4, -0.2) is 16.7 Å². The van der Waals surface area contributed by atoms with Crippen molar-refractivity contribution >= 4 is 55.3 Å². The lowest BCUT2D eigenvalue weighted by Gasteiger charge is -2.24. The number of nitrogens with one attached hydrogen (secondary N) is 1. The molecule has 2 aromatic heterocycles. The molecule has 5 heteroatoms. The van der Waals surface area contributed by atoms with Crippen LogP contribution in [0.5, 0.6) is 0 Å². The van der Waals surface area contributed by atoms with E-state index >= 15 is 0 Å². The SMILES string of the molecule is c1ccc(C2=NC(c3ccc(-c4ccccc4)c4ccccc34)N=C(c3cccc4oc5cc6cccnc6cc5c34)N2)cc1. The molecule has 0 spiro atoms. The summed E-state index contributed by atoms with van der Waals surface area (Å²) in [6.07, 6.45) is 1.37. The Morgan fingerprint density at radius 2 is 1.29 bits per heavy atom. The first-order valence-corrected chi connectivity index (χ1v) is 15.1. The molecule has 0 saturated carbocycles. The number of benzene rings is 6. The third kappa shape index (κ3) is 4.28. The predicted molar refractivity (Wildman–Crippen MR) is 184 cm³/mol. The first kappa shape index (κ1) is 25.4. The van der Waals surface area contributed by atoms with E-state index in [0.717, 1.165) is 66.6 Å². The van der Waals surface area contributed by atoms with Gasteiger partial charge in [-0.3, -0.25) is 4.98 Å². The average molecular weight is 579 g/mol. The van der Waals surface area contributed by atoms with Crippen LogP contribution < -0.4 is 5.32 Å². The quantitative estimate of drug-likeness (QED) is 0.226. The average Bonchev–Trinajstić information content (AvgIpc) is 3.48. The topological polar surface area (TPSA) is 62.8 Å². The highest BCUT2D eigenvalue weighted by atomic mass is 16.3. The van der Waals surface area contributed by atoms with Gasteiger partial charge in [0.1, 0.15) is 22.8 Å². The van der Waals surface area contributed by atoms with Gasteiger partial charge in [-0.25, -0.2) is 9.98 Å². The number of fused-ring (bicyclic) bond motifs is 5. The van der Waals surface area contributed by atoms with E-state index in [4.69, 9.17) is 14.4 Å². The van der Waals surface area contributed by atoms with E-state index in [-0.39, 0.29) is 0 Å². The van der Waals surface area contributed by atoms with Crippen molar-refractivity contribution < 1.29 is 4.42 Å². The van der Waals surface area contributed by atoms with Crippen LogP contribution >= 0.6 is 0 Å². The lowest BCUT2D eigenvalue weighted by atomic mass is 9.94. The van der Waals surface area contributed by atoms with Crippen molar-refractivity contribution in [3.8, 4) is 11.1 Å². The second-order valence-electron chi connectivity index (χ2n) is 11.3. The molecule has 3 heterocycles. The molecular weight excluding hydrogens is 552 g/mol. The van der Waals surface area contributed by atoms with E-state index in [1.54, 1.807) is 0 Å². The molecule has 8 aromatic rings. The van der Waals surface area contributed by atoms with E-state index < -0.39 is 6.17 Å². The Bertz CT molecular complexity index is 2460. The minimum atomic E-state index is -0.456. The standard InChI is InChI=1S/C40H26N4O/c1-3-11-25(12-4-1)28-20-21-31(30-17-8-7-16-29(28)30)39-42-38(26-13-5-2-6-14-26)43-40(44-39)32-18-9-19-35-37(32)33-24-34-27(15-10-22-41-34)23-36(33)45-35/h1-24,39H,(H,42,43,44). The van der Waals surface area contributed by atoms with Gasteiger partial charge in [0, 0.05) is 39.0 Å². The number of aromatic nitrogens is 1. The van der Waals surface area contributed by atoms with Gasteiger partial charge in [-0.05, 0) is 46.2 Å². The molecule has 1 aliphatic rings. The van der Waals surface area contributed by atoms with Gasteiger partial charge in [-0.2, -0.15) is 0 Å². The van der Waals surface area contributed by atoms with Crippen LogP contribution in [0.4, 0.5) is 0 Å². The largest absolute Gasteiger partial charge is 0.456 e. The third-order valence-electron chi connectivity index (χ3n) is 8.58. The summed E-state index contributed by atoms with van der Waals surface area (Å²) < 4.78 is 6.39. The molecule has 45 heavy (non-hydrogen) atoms. The number of pyridine rings is 1. The molecule has 0 amide bonds. The molecule has 0 bridgehead atoms. The Labute approximate surface area is 259 Å². The van der Waals surface area contributed by atoms with Gasteiger partial charge >= 0.3 is 0 Å². The van der Waals surface area contributed by atoms with Crippen LogP contribution in [0.25, 0.3) is 54.7 Å². The van der Waals surface area contributed by atoms with Crippen molar-refractivity contribution in [1.29, 1.82) is 0 Å². The fourth-order valence-corrected chi connectivity index (χ4v) is 6.47. The van der Waals surface area contributed by atoms with E-state index in [1.807, 2.05) is 48.7 Å². The van der Waals surface area contributed by atoms with Gasteiger partial charge in [0.25, 0.3) is 0 Å². The molecule has 1 atom stereocenters. The van der Waals surface area contributed by atoms with Gasteiger partial charge in [0.05, 0.1) is 5.52 Å². The van der Waals surface area contributed by atoms with Crippen LogP contribution in [0.2, 0.25) is 0 Å². The summed E-state index contributed by atoms with van der Waals surface area (Å²) in [5.41, 5.74) is 7.94. The Morgan fingerprint density at radius 3 is 2.13 bits per heavy atom. The molecule has 6 aromatic carbocycles. The van der Waals surface area contributed by atoms with Crippen LogP contribution in [0.3, 0.4) is 0 Å². The maximum absolute atomic E-state index is 6.39. The molecule has 1 unspecified atom stereocenters. The maximum atomic E-state index is 6.39. The minimum absolute atomic E-state index is 0.456. The second kappa shape index (κ2) is 10.3. The summed E-state index contributed by atoms with van der Waals surface area (Å²) in [4.78, 5) is 15.1. The zero-order valence-electron chi connectivity index (χ0n) is 24.2. The number of hydrogen-bond donors (Lipinski definition) is 1. The van der Waals surface area contributed by atoms with Gasteiger partial charge in [0.15, 0.2) is 6.17 Å². The van der Waals surface area contributed by atoms with Gasteiger partial charge in [-0.15, -0.1) is 0 Å². The Balaban J connectivity index is 1.26. The molecule has 5 nitrogen and oxygen atoms in total. The monoisotopic (exact) mass is 578 g/mol. The highest BCUT2D eigenvalue weighted by Gasteiger charge is 2.25. The van der Waals surface area contributed by atoms with Crippen LogP contribution in [0.15, 0.2) is 160 Å². The number of rotatable bonds is 4.